The van der Waals surface area contributed by atoms with Gasteiger partial charge in [0.2, 0.25) is 5.88 Å². The number of rotatable bonds is 4. The van der Waals surface area contributed by atoms with Crippen LogP contribution in [-0.4, -0.2) is 30.1 Å². The first-order valence-corrected chi connectivity index (χ1v) is 7.28. The lowest BCUT2D eigenvalue weighted by molar-refractivity contribution is 0.103. The number of benzene rings is 1. The number of nitrogens with zero attached hydrogens (tertiary/aromatic N) is 2. The first kappa shape index (κ1) is 14.3. The largest absolute Gasteiger partial charge is 0.479 e. The van der Waals surface area contributed by atoms with E-state index in [4.69, 9.17) is 9.47 Å². The SMILES string of the molecule is COc1ncc(NC(=O)c2cc3ccccc3s2)c(OC)n1. The van der Waals surface area contributed by atoms with Crippen molar-refractivity contribution in [2.75, 3.05) is 19.5 Å². The molecule has 6 nitrogen and oxygen atoms in total. The molecule has 112 valence electrons. The van der Waals surface area contributed by atoms with Crippen LogP contribution in [0, 0.1) is 0 Å². The molecule has 0 bridgehead atoms. The Labute approximate surface area is 130 Å². The van der Waals surface area contributed by atoms with Crippen molar-refractivity contribution in [1.82, 2.24) is 9.97 Å². The van der Waals surface area contributed by atoms with Crippen LogP contribution >= 0.6 is 11.3 Å². The van der Waals surface area contributed by atoms with Gasteiger partial charge >= 0.3 is 6.01 Å². The van der Waals surface area contributed by atoms with Gasteiger partial charge in [-0.15, -0.1) is 11.3 Å². The molecule has 0 aliphatic heterocycles. The maximum absolute atomic E-state index is 12.4. The molecule has 0 saturated carbocycles. The number of amides is 1. The first-order chi connectivity index (χ1) is 10.7. The van der Waals surface area contributed by atoms with Crippen molar-refractivity contribution >= 4 is 33.0 Å². The highest BCUT2D eigenvalue weighted by Crippen LogP contribution is 2.28. The monoisotopic (exact) mass is 315 g/mol. The zero-order valence-electron chi connectivity index (χ0n) is 12.0. The van der Waals surface area contributed by atoms with Gasteiger partial charge in [0.1, 0.15) is 5.69 Å². The van der Waals surface area contributed by atoms with Crippen LogP contribution in [0.3, 0.4) is 0 Å². The van der Waals surface area contributed by atoms with Crippen molar-refractivity contribution in [2.24, 2.45) is 0 Å². The van der Waals surface area contributed by atoms with Crippen LogP contribution in [0.4, 0.5) is 5.69 Å². The zero-order chi connectivity index (χ0) is 15.5. The summed E-state index contributed by atoms with van der Waals surface area (Å²) in [6.07, 6.45) is 1.45. The highest BCUT2D eigenvalue weighted by Gasteiger charge is 2.14. The number of fused-ring (bicyclic) bond motifs is 1. The summed E-state index contributed by atoms with van der Waals surface area (Å²) >= 11 is 1.43. The molecule has 0 aliphatic rings. The summed E-state index contributed by atoms with van der Waals surface area (Å²) in [7, 11) is 2.93. The molecule has 22 heavy (non-hydrogen) atoms. The average molecular weight is 315 g/mol. The van der Waals surface area contributed by atoms with E-state index < -0.39 is 0 Å². The normalized spacial score (nSPS) is 10.5. The third kappa shape index (κ3) is 2.71. The number of aromatic nitrogens is 2. The minimum atomic E-state index is -0.228. The fourth-order valence-corrected chi connectivity index (χ4v) is 2.93. The first-order valence-electron chi connectivity index (χ1n) is 6.46. The lowest BCUT2D eigenvalue weighted by Gasteiger charge is -2.08. The molecule has 0 saturated heterocycles. The summed E-state index contributed by atoms with van der Waals surface area (Å²) in [5, 5.41) is 3.79. The summed E-state index contributed by atoms with van der Waals surface area (Å²) in [5.74, 6) is 0.0228. The molecule has 2 heterocycles. The molecule has 1 aromatic carbocycles. The zero-order valence-corrected chi connectivity index (χ0v) is 12.8. The number of carbonyl (C=O) groups excluding carboxylic acids is 1. The third-order valence-corrected chi connectivity index (χ3v) is 4.12. The molecule has 1 N–H and O–H groups in total. The summed E-state index contributed by atoms with van der Waals surface area (Å²) < 4.78 is 11.1. The van der Waals surface area contributed by atoms with E-state index in [1.54, 1.807) is 0 Å². The standard InChI is InChI=1S/C15H13N3O3S/c1-20-14-10(8-16-15(18-14)21-2)17-13(19)12-7-9-5-3-4-6-11(9)22-12/h3-8H,1-2H3,(H,17,19). The van der Waals surface area contributed by atoms with Gasteiger partial charge in [-0.25, -0.2) is 4.98 Å². The molecule has 0 radical (unpaired) electrons. The number of hydrogen-bond donors (Lipinski definition) is 1. The van der Waals surface area contributed by atoms with E-state index in [2.05, 4.69) is 15.3 Å². The molecule has 0 fully saturated rings. The Hall–Kier alpha value is -2.67. The van der Waals surface area contributed by atoms with Gasteiger partial charge in [-0.2, -0.15) is 4.98 Å². The second kappa shape index (κ2) is 5.98. The quantitative estimate of drug-likeness (QED) is 0.801. The topological polar surface area (TPSA) is 73.3 Å². The van der Waals surface area contributed by atoms with Gasteiger partial charge in [-0.1, -0.05) is 18.2 Å². The molecule has 2 aromatic heterocycles. The van der Waals surface area contributed by atoms with Crippen molar-refractivity contribution in [3.05, 3.63) is 41.4 Å². The number of methoxy groups -OCH3 is 2. The molecule has 7 heteroatoms. The maximum atomic E-state index is 12.4. The van der Waals surface area contributed by atoms with Crippen LogP contribution in [0.5, 0.6) is 11.9 Å². The minimum absolute atomic E-state index is 0.178. The van der Waals surface area contributed by atoms with E-state index in [1.165, 1.54) is 31.8 Å². The highest BCUT2D eigenvalue weighted by atomic mass is 32.1. The van der Waals surface area contributed by atoms with Crippen molar-refractivity contribution in [3.63, 3.8) is 0 Å². The fraction of sp³-hybridized carbons (Fsp3) is 0.133. The van der Waals surface area contributed by atoms with Gasteiger partial charge in [-0.3, -0.25) is 4.79 Å². The van der Waals surface area contributed by atoms with Gasteiger partial charge in [0, 0.05) is 4.70 Å². The van der Waals surface area contributed by atoms with Gasteiger partial charge < -0.3 is 14.8 Å². The molecule has 0 spiro atoms. The Kier molecular flexibility index (Phi) is 3.88. The Morgan fingerprint density at radius 2 is 2.05 bits per heavy atom. The second-order valence-corrected chi connectivity index (χ2v) is 5.47. The van der Waals surface area contributed by atoms with Crippen LogP contribution in [-0.2, 0) is 0 Å². The number of carbonyl (C=O) groups is 1. The minimum Gasteiger partial charge on any atom is -0.479 e. The molecular weight excluding hydrogens is 302 g/mol. The lowest BCUT2D eigenvalue weighted by Crippen LogP contribution is -2.12. The molecular formula is C15H13N3O3S. The van der Waals surface area contributed by atoms with E-state index in [1.807, 2.05) is 30.3 Å². The number of hydrogen-bond acceptors (Lipinski definition) is 6. The summed E-state index contributed by atoms with van der Waals surface area (Å²) in [6.45, 7) is 0. The molecule has 0 aliphatic carbocycles. The molecule has 0 unspecified atom stereocenters. The highest BCUT2D eigenvalue weighted by molar-refractivity contribution is 7.20. The van der Waals surface area contributed by atoms with Gasteiger partial charge in [-0.05, 0) is 17.5 Å². The predicted octanol–water partition coefficient (Wildman–Crippen LogP) is 2.96. The Balaban J connectivity index is 1.87. The number of ether oxygens (including phenoxy) is 2. The van der Waals surface area contributed by atoms with Crippen molar-refractivity contribution in [1.29, 1.82) is 0 Å². The molecule has 0 atom stereocenters. The predicted molar refractivity (Wildman–Crippen MR) is 84.9 cm³/mol. The van der Waals surface area contributed by atoms with Crippen LogP contribution in [0.25, 0.3) is 10.1 Å². The Bertz CT molecular complexity index is 799. The van der Waals surface area contributed by atoms with Crippen LogP contribution in [0.15, 0.2) is 36.5 Å². The third-order valence-electron chi connectivity index (χ3n) is 3.01. The van der Waals surface area contributed by atoms with Crippen LogP contribution in [0.2, 0.25) is 0 Å². The fourth-order valence-electron chi connectivity index (χ4n) is 1.97. The Morgan fingerprint density at radius 3 is 2.77 bits per heavy atom. The molecule has 3 aromatic rings. The number of anilines is 1. The number of thiophene rings is 1. The summed E-state index contributed by atoms with van der Waals surface area (Å²) in [5.41, 5.74) is 0.394. The van der Waals surface area contributed by atoms with Crippen LogP contribution in [0.1, 0.15) is 9.67 Å². The van der Waals surface area contributed by atoms with Crippen molar-refractivity contribution in [3.8, 4) is 11.9 Å². The smallest absolute Gasteiger partial charge is 0.319 e. The van der Waals surface area contributed by atoms with Crippen molar-refractivity contribution < 1.29 is 14.3 Å². The van der Waals surface area contributed by atoms with Crippen LogP contribution < -0.4 is 14.8 Å². The van der Waals surface area contributed by atoms with Gasteiger partial charge in [0.15, 0.2) is 0 Å². The van der Waals surface area contributed by atoms with E-state index in [0.717, 1.165) is 10.1 Å². The van der Waals surface area contributed by atoms with E-state index in [0.29, 0.717) is 10.6 Å². The van der Waals surface area contributed by atoms with E-state index in [9.17, 15) is 4.79 Å². The van der Waals surface area contributed by atoms with E-state index in [-0.39, 0.29) is 17.8 Å². The molecule has 1 amide bonds. The van der Waals surface area contributed by atoms with Gasteiger partial charge in [0.05, 0.1) is 25.3 Å². The maximum Gasteiger partial charge on any atom is 0.319 e. The lowest BCUT2D eigenvalue weighted by atomic mass is 10.2. The Morgan fingerprint density at radius 1 is 1.23 bits per heavy atom. The van der Waals surface area contributed by atoms with E-state index >= 15 is 0 Å². The number of nitrogens with one attached hydrogen (secondary N) is 1. The average Bonchev–Trinajstić information content (AvgIpc) is 2.99. The summed E-state index contributed by atoms with van der Waals surface area (Å²) in [6, 6.07) is 9.87. The molecule has 3 rings (SSSR count). The second-order valence-electron chi connectivity index (χ2n) is 4.38. The summed E-state index contributed by atoms with van der Waals surface area (Å²) in [4.78, 5) is 21.0. The van der Waals surface area contributed by atoms with Gasteiger partial charge in [0.25, 0.3) is 5.91 Å². The van der Waals surface area contributed by atoms with Crippen molar-refractivity contribution in [2.45, 2.75) is 0 Å².